The molecule has 2 aromatic rings. The van der Waals surface area contributed by atoms with Crippen molar-refractivity contribution in [1.82, 2.24) is 4.90 Å². The van der Waals surface area contributed by atoms with Crippen LogP contribution < -0.4 is 0 Å². The number of hydrogen-bond donors (Lipinski definition) is 0. The van der Waals surface area contributed by atoms with Gasteiger partial charge in [-0.3, -0.25) is 4.79 Å². The predicted octanol–water partition coefficient (Wildman–Crippen LogP) is 5.27. The molecule has 2 aromatic carbocycles. The maximum absolute atomic E-state index is 13.2. The Kier molecular flexibility index (Phi) is 10.0. The third kappa shape index (κ3) is 8.09. The number of hydrogen-bond acceptors (Lipinski definition) is 3. The van der Waals surface area contributed by atoms with Crippen LogP contribution in [0.15, 0.2) is 96.6 Å². The molecular weight excluding hydrogens is 386 g/mol. The standard InChI is InChI=1S/C27H31NO3/c1-4-6-9-18-26(29)28(21-24-16-12-8-13-17-24)25(19-22(3)27(30)31-5-2)20-23-14-10-7-11-15-23/h4,6-19,25H,5,20-21H2,1-3H3/b6-4+,18-9+,22-19+/t25-/m1/s1. The zero-order chi connectivity index (χ0) is 22.5. The molecule has 0 N–H and O–H groups in total. The molecule has 0 fully saturated rings. The summed E-state index contributed by atoms with van der Waals surface area (Å²) in [6.07, 6.45) is 9.43. The minimum Gasteiger partial charge on any atom is -0.463 e. The molecule has 1 amide bonds. The fraction of sp³-hybridized carbons (Fsp3) is 0.259. The highest BCUT2D eigenvalue weighted by atomic mass is 16.5. The Hall–Kier alpha value is -3.40. The maximum Gasteiger partial charge on any atom is 0.333 e. The van der Waals surface area contributed by atoms with Crippen molar-refractivity contribution in [1.29, 1.82) is 0 Å². The molecule has 0 radical (unpaired) electrons. The lowest BCUT2D eigenvalue weighted by atomic mass is 10.0. The molecule has 4 nitrogen and oxygen atoms in total. The van der Waals surface area contributed by atoms with E-state index in [2.05, 4.69) is 0 Å². The Labute approximate surface area is 185 Å². The number of nitrogens with zero attached hydrogens (tertiary/aromatic N) is 1. The number of carbonyl (C=O) groups excluding carboxylic acids is 2. The molecule has 0 heterocycles. The summed E-state index contributed by atoms with van der Waals surface area (Å²) in [5.74, 6) is -0.479. The van der Waals surface area contributed by atoms with Crippen molar-refractivity contribution in [2.75, 3.05) is 6.61 Å². The minimum atomic E-state index is -0.364. The Bertz CT molecular complexity index is 914. The van der Waals surface area contributed by atoms with Gasteiger partial charge in [-0.15, -0.1) is 0 Å². The second-order valence-electron chi connectivity index (χ2n) is 7.16. The van der Waals surface area contributed by atoms with Gasteiger partial charge < -0.3 is 9.64 Å². The van der Waals surface area contributed by atoms with Gasteiger partial charge in [0.2, 0.25) is 5.91 Å². The molecule has 0 spiro atoms. The summed E-state index contributed by atoms with van der Waals surface area (Å²) < 4.78 is 5.16. The second kappa shape index (κ2) is 13.0. The van der Waals surface area contributed by atoms with Crippen molar-refractivity contribution in [2.45, 2.75) is 39.8 Å². The number of amides is 1. The lowest BCUT2D eigenvalue weighted by Crippen LogP contribution is -2.39. The van der Waals surface area contributed by atoms with Crippen molar-refractivity contribution in [3.05, 3.63) is 108 Å². The van der Waals surface area contributed by atoms with E-state index in [0.717, 1.165) is 11.1 Å². The topological polar surface area (TPSA) is 46.6 Å². The summed E-state index contributed by atoms with van der Waals surface area (Å²) in [5.41, 5.74) is 2.60. The average molecular weight is 418 g/mol. The van der Waals surface area contributed by atoms with Crippen LogP contribution in [0.4, 0.5) is 0 Å². The molecule has 0 aromatic heterocycles. The first-order valence-electron chi connectivity index (χ1n) is 10.6. The van der Waals surface area contributed by atoms with Gasteiger partial charge in [-0.1, -0.05) is 85.0 Å². The zero-order valence-corrected chi connectivity index (χ0v) is 18.5. The van der Waals surface area contributed by atoms with Gasteiger partial charge in [0.25, 0.3) is 0 Å². The van der Waals surface area contributed by atoms with Crippen LogP contribution in [-0.4, -0.2) is 29.4 Å². The highest BCUT2D eigenvalue weighted by Gasteiger charge is 2.23. The summed E-state index contributed by atoms with van der Waals surface area (Å²) in [6, 6.07) is 19.5. The molecule has 0 saturated carbocycles. The van der Waals surface area contributed by atoms with Gasteiger partial charge in [0, 0.05) is 18.2 Å². The van der Waals surface area contributed by atoms with E-state index in [-0.39, 0.29) is 17.9 Å². The Morgan fingerprint density at radius 1 is 0.968 bits per heavy atom. The number of benzene rings is 2. The highest BCUT2D eigenvalue weighted by Crippen LogP contribution is 2.17. The quantitative estimate of drug-likeness (QED) is 0.301. The molecule has 31 heavy (non-hydrogen) atoms. The molecule has 0 unspecified atom stereocenters. The van der Waals surface area contributed by atoms with E-state index >= 15 is 0 Å². The molecule has 4 heteroatoms. The van der Waals surface area contributed by atoms with E-state index in [1.165, 1.54) is 0 Å². The molecule has 162 valence electrons. The summed E-state index contributed by atoms with van der Waals surface area (Å²) in [6.45, 7) is 6.16. The van der Waals surface area contributed by atoms with Gasteiger partial charge in [-0.05, 0) is 38.3 Å². The Balaban J connectivity index is 2.44. The van der Waals surface area contributed by atoms with Gasteiger partial charge >= 0.3 is 5.97 Å². The number of ether oxygens (including phenoxy) is 1. The van der Waals surface area contributed by atoms with Crippen molar-refractivity contribution in [2.24, 2.45) is 0 Å². The van der Waals surface area contributed by atoms with Gasteiger partial charge in [-0.25, -0.2) is 4.79 Å². The number of carbonyl (C=O) groups is 2. The molecule has 0 saturated heterocycles. The summed E-state index contributed by atoms with van der Waals surface area (Å²) in [4.78, 5) is 27.3. The van der Waals surface area contributed by atoms with Crippen LogP contribution in [0.25, 0.3) is 0 Å². The number of rotatable bonds is 10. The first-order chi connectivity index (χ1) is 15.0. The molecule has 0 bridgehead atoms. The average Bonchev–Trinajstić information content (AvgIpc) is 2.78. The third-order valence-corrected chi connectivity index (χ3v) is 4.75. The van der Waals surface area contributed by atoms with Crippen LogP contribution in [0.2, 0.25) is 0 Å². The van der Waals surface area contributed by atoms with Gasteiger partial charge in [0.1, 0.15) is 0 Å². The number of allylic oxidation sites excluding steroid dienone is 3. The van der Waals surface area contributed by atoms with Gasteiger partial charge in [-0.2, -0.15) is 0 Å². The summed E-state index contributed by atoms with van der Waals surface area (Å²) in [7, 11) is 0. The molecule has 1 atom stereocenters. The fourth-order valence-corrected chi connectivity index (χ4v) is 3.20. The fourth-order valence-electron chi connectivity index (χ4n) is 3.20. The van der Waals surface area contributed by atoms with Crippen molar-refractivity contribution >= 4 is 11.9 Å². The van der Waals surface area contributed by atoms with Crippen molar-refractivity contribution < 1.29 is 14.3 Å². The third-order valence-electron chi connectivity index (χ3n) is 4.75. The van der Waals surface area contributed by atoms with E-state index < -0.39 is 0 Å². The van der Waals surface area contributed by atoms with Gasteiger partial charge in [0.05, 0.1) is 12.6 Å². The lowest BCUT2D eigenvalue weighted by molar-refractivity contribution is -0.138. The van der Waals surface area contributed by atoms with Crippen molar-refractivity contribution in [3.63, 3.8) is 0 Å². The van der Waals surface area contributed by atoms with Gasteiger partial charge in [0.15, 0.2) is 0 Å². The lowest BCUT2D eigenvalue weighted by Gasteiger charge is -2.30. The Morgan fingerprint density at radius 2 is 1.58 bits per heavy atom. The molecular formula is C27H31NO3. The molecule has 0 aliphatic carbocycles. The van der Waals surface area contributed by atoms with Crippen LogP contribution in [0.1, 0.15) is 31.9 Å². The second-order valence-corrected chi connectivity index (χ2v) is 7.16. The molecule has 0 aliphatic heterocycles. The number of esters is 1. The van der Waals surface area contributed by atoms with E-state index in [1.807, 2.05) is 85.8 Å². The summed E-state index contributed by atoms with van der Waals surface area (Å²) in [5, 5.41) is 0. The van der Waals surface area contributed by atoms with Crippen molar-refractivity contribution in [3.8, 4) is 0 Å². The maximum atomic E-state index is 13.2. The zero-order valence-electron chi connectivity index (χ0n) is 18.5. The largest absolute Gasteiger partial charge is 0.463 e. The summed E-state index contributed by atoms with van der Waals surface area (Å²) >= 11 is 0. The monoisotopic (exact) mass is 417 g/mol. The van der Waals surface area contributed by atoms with E-state index in [0.29, 0.717) is 25.1 Å². The van der Waals surface area contributed by atoms with Crippen LogP contribution in [-0.2, 0) is 27.3 Å². The normalized spacial score (nSPS) is 12.8. The SMILES string of the molecule is C/C=C/C=C/C(=O)N(Cc1ccccc1)[C@H](/C=C(\C)C(=O)OCC)Cc1ccccc1. The molecule has 0 aliphatic rings. The van der Waals surface area contributed by atoms with E-state index in [9.17, 15) is 9.59 Å². The molecule has 2 rings (SSSR count). The Morgan fingerprint density at radius 3 is 2.16 bits per heavy atom. The smallest absolute Gasteiger partial charge is 0.333 e. The van der Waals surface area contributed by atoms with E-state index in [4.69, 9.17) is 4.74 Å². The predicted molar refractivity (Wildman–Crippen MR) is 125 cm³/mol. The minimum absolute atomic E-state index is 0.115. The van der Waals surface area contributed by atoms with Crippen LogP contribution >= 0.6 is 0 Å². The van der Waals surface area contributed by atoms with Crippen LogP contribution in [0.3, 0.4) is 0 Å². The first-order valence-corrected chi connectivity index (χ1v) is 10.6. The van der Waals surface area contributed by atoms with E-state index in [1.54, 1.807) is 30.9 Å². The van der Waals surface area contributed by atoms with Crippen LogP contribution in [0, 0.1) is 0 Å². The first kappa shape index (κ1) is 23.9. The van der Waals surface area contributed by atoms with Crippen LogP contribution in [0.5, 0.6) is 0 Å². The highest BCUT2D eigenvalue weighted by molar-refractivity contribution is 5.90.